The third-order valence-corrected chi connectivity index (χ3v) is 2.48. The summed E-state index contributed by atoms with van der Waals surface area (Å²) in [6.45, 7) is 3.63. The van der Waals surface area contributed by atoms with E-state index in [2.05, 4.69) is 20.3 Å². The Kier molecular flexibility index (Phi) is 4.11. The molecule has 0 spiro atoms. The second-order valence-electron chi connectivity index (χ2n) is 3.92. The predicted molar refractivity (Wildman–Crippen MR) is 68.7 cm³/mol. The highest BCUT2D eigenvalue weighted by Gasteiger charge is 2.01. The molecule has 6 heteroatoms. The highest BCUT2D eigenvalue weighted by Crippen LogP contribution is 2.12. The molecule has 0 atom stereocenters. The van der Waals surface area contributed by atoms with Crippen molar-refractivity contribution in [3.63, 3.8) is 0 Å². The molecule has 6 nitrogen and oxygen atoms in total. The van der Waals surface area contributed by atoms with Gasteiger partial charge < -0.3 is 14.6 Å². The Morgan fingerprint density at radius 1 is 1.39 bits per heavy atom. The van der Waals surface area contributed by atoms with Gasteiger partial charge in [-0.05, 0) is 13.3 Å². The van der Waals surface area contributed by atoms with Crippen LogP contribution in [0.15, 0.2) is 24.8 Å². The summed E-state index contributed by atoms with van der Waals surface area (Å²) in [7, 11) is 1.60. The number of nitrogens with zero attached hydrogens (tertiary/aromatic N) is 4. The second kappa shape index (κ2) is 6.00. The van der Waals surface area contributed by atoms with E-state index in [-0.39, 0.29) is 0 Å². The Morgan fingerprint density at radius 3 is 3.00 bits per heavy atom. The number of imidazole rings is 1. The average molecular weight is 247 g/mol. The van der Waals surface area contributed by atoms with Crippen molar-refractivity contribution >= 4 is 5.82 Å². The number of aryl methyl sites for hydroxylation is 2. The first-order valence-electron chi connectivity index (χ1n) is 5.87. The Balaban J connectivity index is 1.81. The summed E-state index contributed by atoms with van der Waals surface area (Å²) in [6, 6.07) is 1.80. The first-order chi connectivity index (χ1) is 8.78. The van der Waals surface area contributed by atoms with E-state index >= 15 is 0 Å². The molecule has 2 aromatic heterocycles. The zero-order valence-corrected chi connectivity index (χ0v) is 10.6. The molecular weight excluding hydrogens is 230 g/mol. The second-order valence-corrected chi connectivity index (χ2v) is 3.92. The van der Waals surface area contributed by atoms with Crippen molar-refractivity contribution in [2.75, 3.05) is 19.0 Å². The lowest BCUT2D eigenvalue weighted by Gasteiger charge is -2.08. The van der Waals surface area contributed by atoms with Crippen molar-refractivity contribution in [2.24, 2.45) is 0 Å². The third-order valence-electron chi connectivity index (χ3n) is 2.48. The van der Waals surface area contributed by atoms with Gasteiger partial charge in [-0.3, -0.25) is 0 Å². The summed E-state index contributed by atoms with van der Waals surface area (Å²) in [5.41, 5.74) is 0. The molecule has 0 aromatic carbocycles. The number of rotatable bonds is 6. The summed E-state index contributed by atoms with van der Waals surface area (Å²) in [5.74, 6) is 2.08. The fraction of sp³-hybridized carbons (Fsp3) is 0.417. The van der Waals surface area contributed by atoms with Crippen LogP contribution in [0, 0.1) is 6.92 Å². The van der Waals surface area contributed by atoms with E-state index in [0.717, 1.165) is 25.3 Å². The monoisotopic (exact) mass is 247 g/mol. The molecule has 0 amide bonds. The molecule has 18 heavy (non-hydrogen) atoms. The number of hydrogen-bond acceptors (Lipinski definition) is 5. The fourth-order valence-electron chi connectivity index (χ4n) is 1.63. The van der Waals surface area contributed by atoms with Crippen molar-refractivity contribution < 1.29 is 4.74 Å². The normalized spacial score (nSPS) is 10.3. The Morgan fingerprint density at radius 2 is 2.28 bits per heavy atom. The van der Waals surface area contributed by atoms with Gasteiger partial charge >= 0.3 is 0 Å². The molecule has 0 aliphatic rings. The van der Waals surface area contributed by atoms with Gasteiger partial charge in [-0.1, -0.05) is 0 Å². The van der Waals surface area contributed by atoms with Crippen LogP contribution < -0.4 is 10.1 Å². The molecule has 0 aliphatic carbocycles. The van der Waals surface area contributed by atoms with Crippen LogP contribution in [0.25, 0.3) is 0 Å². The van der Waals surface area contributed by atoms with E-state index in [1.807, 2.05) is 24.0 Å². The van der Waals surface area contributed by atoms with Crippen LogP contribution >= 0.6 is 0 Å². The number of anilines is 1. The highest BCUT2D eigenvalue weighted by atomic mass is 16.5. The van der Waals surface area contributed by atoms with Gasteiger partial charge in [-0.15, -0.1) is 0 Å². The molecule has 0 unspecified atom stereocenters. The topological polar surface area (TPSA) is 64.9 Å². The van der Waals surface area contributed by atoms with Gasteiger partial charge in [0.25, 0.3) is 0 Å². The molecule has 2 rings (SSSR count). The largest absolute Gasteiger partial charge is 0.481 e. The zero-order valence-electron chi connectivity index (χ0n) is 10.6. The average Bonchev–Trinajstić information content (AvgIpc) is 2.87. The lowest BCUT2D eigenvalue weighted by molar-refractivity contribution is 0.396. The predicted octanol–water partition coefficient (Wildman–Crippen LogP) is 1.49. The molecule has 96 valence electrons. The van der Waals surface area contributed by atoms with E-state index in [0.29, 0.717) is 11.7 Å². The molecule has 2 aromatic rings. The van der Waals surface area contributed by atoms with Crippen LogP contribution in [0.1, 0.15) is 12.2 Å². The Hall–Kier alpha value is -2.11. The standard InChI is InChI=1S/C12H17N5O/c1-10-15-11(8-12(16-10)18-2)14-4-3-6-17-7-5-13-9-17/h5,7-9H,3-4,6H2,1-2H3,(H,14,15,16). The van der Waals surface area contributed by atoms with E-state index in [1.54, 1.807) is 19.4 Å². The van der Waals surface area contributed by atoms with Crippen molar-refractivity contribution in [2.45, 2.75) is 19.9 Å². The van der Waals surface area contributed by atoms with E-state index < -0.39 is 0 Å². The molecule has 1 N–H and O–H groups in total. The summed E-state index contributed by atoms with van der Waals surface area (Å²) >= 11 is 0. The summed E-state index contributed by atoms with van der Waals surface area (Å²) in [4.78, 5) is 12.4. The Bertz CT molecular complexity index is 483. The molecule has 0 saturated carbocycles. The minimum absolute atomic E-state index is 0.583. The maximum atomic E-state index is 5.10. The van der Waals surface area contributed by atoms with E-state index in [1.165, 1.54) is 0 Å². The lowest BCUT2D eigenvalue weighted by Crippen LogP contribution is -2.08. The van der Waals surface area contributed by atoms with Crippen LogP contribution in [0.2, 0.25) is 0 Å². The van der Waals surface area contributed by atoms with Crippen LogP contribution in [0.5, 0.6) is 5.88 Å². The maximum Gasteiger partial charge on any atom is 0.218 e. The molecular formula is C12H17N5O. The number of aromatic nitrogens is 4. The molecule has 2 heterocycles. The quantitative estimate of drug-likeness (QED) is 0.783. The highest BCUT2D eigenvalue weighted by molar-refractivity contribution is 5.38. The number of ether oxygens (including phenoxy) is 1. The number of methoxy groups -OCH3 is 1. The van der Waals surface area contributed by atoms with Gasteiger partial charge in [0.15, 0.2) is 0 Å². The summed E-state index contributed by atoms with van der Waals surface area (Å²) in [5, 5.41) is 3.26. The third kappa shape index (κ3) is 3.44. The van der Waals surface area contributed by atoms with Crippen molar-refractivity contribution in [3.05, 3.63) is 30.6 Å². The summed E-state index contributed by atoms with van der Waals surface area (Å²) < 4.78 is 7.15. The van der Waals surface area contributed by atoms with Gasteiger partial charge in [-0.25, -0.2) is 9.97 Å². The van der Waals surface area contributed by atoms with Gasteiger partial charge in [0.1, 0.15) is 11.6 Å². The van der Waals surface area contributed by atoms with Crippen LogP contribution in [-0.4, -0.2) is 33.2 Å². The lowest BCUT2D eigenvalue weighted by atomic mass is 10.4. The van der Waals surface area contributed by atoms with Gasteiger partial charge in [-0.2, -0.15) is 4.98 Å². The first-order valence-corrected chi connectivity index (χ1v) is 5.87. The number of hydrogen-bond donors (Lipinski definition) is 1. The van der Waals surface area contributed by atoms with Crippen molar-refractivity contribution in [1.29, 1.82) is 0 Å². The van der Waals surface area contributed by atoms with Crippen molar-refractivity contribution in [3.8, 4) is 5.88 Å². The van der Waals surface area contributed by atoms with Gasteiger partial charge in [0, 0.05) is 31.5 Å². The number of nitrogens with one attached hydrogen (secondary N) is 1. The van der Waals surface area contributed by atoms with Gasteiger partial charge in [0.05, 0.1) is 13.4 Å². The minimum atomic E-state index is 0.583. The summed E-state index contributed by atoms with van der Waals surface area (Å²) in [6.07, 6.45) is 6.56. The minimum Gasteiger partial charge on any atom is -0.481 e. The SMILES string of the molecule is COc1cc(NCCCn2ccnc2)nc(C)n1. The molecule has 0 radical (unpaired) electrons. The molecule has 0 bridgehead atoms. The smallest absolute Gasteiger partial charge is 0.218 e. The first kappa shape index (κ1) is 12.3. The zero-order chi connectivity index (χ0) is 12.8. The van der Waals surface area contributed by atoms with E-state index in [4.69, 9.17) is 4.74 Å². The van der Waals surface area contributed by atoms with Crippen LogP contribution in [0.4, 0.5) is 5.82 Å². The molecule has 0 saturated heterocycles. The Labute approximate surface area is 106 Å². The van der Waals surface area contributed by atoms with E-state index in [9.17, 15) is 0 Å². The maximum absolute atomic E-state index is 5.10. The molecule has 0 fully saturated rings. The van der Waals surface area contributed by atoms with Crippen LogP contribution in [-0.2, 0) is 6.54 Å². The molecule has 0 aliphatic heterocycles. The fourth-order valence-corrected chi connectivity index (χ4v) is 1.63. The van der Waals surface area contributed by atoms with Crippen molar-refractivity contribution in [1.82, 2.24) is 19.5 Å². The van der Waals surface area contributed by atoms with Gasteiger partial charge in [0.2, 0.25) is 5.88 Å². The van der Waals surface area contributed by atoms with Crippen LogP contribution in [0.3, 0.4) is 0 Å².